The number of benzene rings is 1. The van der Waals surface area contributed by atoms with Crippen LogP contribution in [-0.2, 0) is 9.53 Å². The first kappa shape index (κ1) is 8.30. The van der Waals surface area contributed by atoms with E-state index in [4.69, 9.17) is 16.3 Å². The van der Waals surface area contributed by atoms with Crippen LogP contribution < -0.4 is 0 Å². The maximum absolute atomic E-state index is 11.4. The van der Waals surface area contributed by atoms with Gasteiger partial charge in [0.2, 0.25) is 0 Å². The van der Waals surface area contributed by atoms with Crippen LogP contribution in [0.25, 0.3) is 0 Å². The highest BCUT2D eigenvalue weighted by atomic mass is 35.5. The molecule has 1 aromatic carbocycles. The monoisotopic (exact) mass is 208 g/mol. The van der Waals surface area contributed by atoms with Crippen LogP contribution in [0.4, 0.5) is 0 Å². The zero-order chi connectivity index (χ0) is 9.76. The number of carbonyl (C=O) groups excluding carboxylic acids is 1. The van der Waals surface area contributed by atoms with Gasteiger partial charge in [-0.1, -0.05) is 30.3 Å². The predicted octanol–water partition coefficient (Wildman–Crippen LogP) is 1.93. The van der Waals surface area contributed by atoms with E-state index in [1.165, 1.54) is 0 Å². The van der Waals surface area contributed by atoms with Crippen molar-refractivity contribution in [1.29, 1.82) is 0 Å². The van der Waals surface area contributed by atoms with Crippen molar-refractivity contribution >= 4 is 17.6 Å². The second-order valence-corrected chi connectivity index (χ2v) is 4.49. The Hall–Kier alpha value is -1.02. The summed E-state index contributed by atoms with van der Waals surface area (Å²) in [5.41, 5.74) is 1.14. The largest absolute Gasteiger partial charge is 0.464 e. The molecule has 2 fully saturated rings. The zero-order valence-electron chi connectivity index (χ0n) is 7.44. The molecule has 3 atom stereocenters. The number of carbonyl (C=O) groups is 1. The Morgan fingerprint density at radius 2 is 2.07 bits per heavy atom. The van der Waals surface area contributed by atoms with Crippen molar-refractivity contribution in [3.63, 3.8) is 0 Å². The van der Waals surface area contributed by atoms with Crippen molar-refractivity contribution in [2.75, 3.05) is 6.61 Å². The summed E-state index contributed by atoms with van der Waals surface area (Å²) in [6.45, 7) is 0.474. The molecule has 0 radical (unpaired) electrons. The lowest BCUT2D eigenvalue weighted by Crippen LogP contribution is -2.16. The average molecular weight is 209 g/mol. The van der Waals surface area contributed by atoms with Gasteiger partial charge >= 0.3 is 5.97 Å². The lowest BCUT2D eigenvalue weighted by Gasteiger charge is -2.06. The van der Waals surface area contributed by atoms with E-state index in [1.54, 1.807) is 0 Å². The molecule has 0 spiro atoms. The molecule has 2 nitrogen and oxygen atoms in total. The van der Waals surface area contributed by atoms with Gasteiger partial charge in [0.25, 0.3) is 0 Å². The number of esters is 1. The summed E-state index contributed by atoms with van der Waals surface area (Å²) >= 11 is 6.22. The Bertz CT molecular complexity index is 390. The third-order valence-corrected chi connectivity index (χ3v) is 3.82. The fourth-order valence-corrected chi connectivity index (χ4v) is 2.79. The summed E-state index contributed by atoms with van der Waals surface area (Å²) < 4.78 is 4.90. The molecule has 3 rings (SSSR count). The number of hydrogen-bond donors (Lipinski definition) is 0. The minimum absolute atomic E-state index is 0.159. The SMILES string of the molecule is O=C1OCC2C(c3ccccc3)C12Cl. The Morgan fingerprint density at radius 1 is 1.36 bits per heavy atom. The van der Waals surface area contributed by atoms with E-state index in [1.807, 2.05) is 30.3 Å². The van der Waals surface area contributed by atoms with E-state index >= 15 is 0 Å². The summed E-state index contributed by atoms with van der Waals surface area (Å²) in [7, 11) is 0. The molecule has 0 bridgehead atoms. The van der Waals surface area contributed by atoms with Crippen LogP contribution in [0.1, 0.15) is 11.5 Å². The van der Waals surface area contributed by atoms with Gasteiger partial charge in [-0.05, 0) is 5.56 Å². The van der Waals surface area contributed by atoms with Crippen LogP contribution in [0.3, 0.4) is 0 Å². The molecule has 1 heterocycles. The molecule has 1 saturated carbocycles. The first-order valence-corrected chi connectivity index (χ1v) is 5.03. The van der Waals surface area contributed by atoms with Gasteiger partial charge in [-0.15, -0.1) is 11.6 Å². The molecule has 0 aromatic heterocycles. The minimum Gasteiger partial charge on any atom is -0.464 e. The molecule has 1 aliphatic carbocycles. The molecule has 2 aliphatic rings. The van der Waals surface area contributed by atoms with E-state index in [-0.39, 0.29) is 17.8 Å². The molecule has 3 unspecified atom stereocenters. The second-order valence-electron chi connectivity index (χ2n) is 3.86. The van der Waals surface area contributed by atoms with Crippen molar-refractivity contribution in [2.45, 2.75) is 10.8 Å². The molecule has 1 aromatic rings. The van der Waals surface area contributed by atoms with Crippen molar-refractivity contribution in [3.05, 3.63) is 35.9 Å². The van der Waals surface area contributed by atoms with Gasteiger partial charge in [0.1, 0.15) is 0 Å². The number of hydrogen-bond acceptors (Lipinski definition) is 2. The summed E-state index contributed by atoms with van der Waals surface area (Å²) in [4.78, 5) is 10.6. The number of rotatable bonds is 1. The third kappa shape index (κ3) is 0.845. The zero-order valence-corrected chi connectivity index (χ0v) is 8.20. The molecule has 3 heteroatoms. The van der Waals surface area contributed by atoms with Crippen LogP contribution in [-0.4, -0.2) is 17.5 Å². The molecular weight excluding hydrogens is 200 g/mol. The molecule has 0 amide bonds. The Kier molecular flexibility index (Phi) is 1.49. The normalized spacial score (nSPS) is 39.1. The van der Waals surface area contributed by atoms with Gasteiger partial charge in [-0.25, -0.2) is 0 Å². The van der Waals surface area contributed by atoms with Crippen molar-refractivity contribution in [1.82, 2.24) is 0 Å². The summed E-state index contributed by atoms with van der Waals surface area (Å²) in [6.07, 6.45) is 0. The van der Waals surface area contributed by atoms with Crippen LogP contribution in [0.15, 0.2) is 30.3 Å². The Morgan fingerprint density at radius 3 is 2.64 bits per heavy atom. The first-order chi connectivity index (χ1) is 6.74. The van der Waals surface area contributed by atoms with E-state index in [9.17, 15) is 4.79 Å². The minimum atomic E-state index is -0.749. The number of cyclic esters (lactones) is 1. The summed E-state index contributed by atoms with van der Waals surface area (Å²) in [5, 5.41) is 0. The molecule has 1 saturated heterocycles. The smallest absolute Gasteiger partial charge is 0.328 e. The number of fused-ring (bicyclic) bond motifs is 1. The van der Waals surface area contributed by atoms with Gasteiger partial charge in [0, 0.05) is 11.8 Å². The Labute approximate surface area is 86.8 Å². The molecule has 0 N–H and O–H groups in total. The molecule has 1 aliphatic heterocycles. The van der Waals surface area contributed by atoms with Crippen molar-refractivity contribution in [2.24, 2.45) is 5.92 Å². The highest BCUT2D eigenvalue weighted by molar-refractivity contribution is 6.38. The summed E-state index contributed by atoms with van der Waals surface area (Å²) in [5.74, 6) is 0.0868. The topological polar surface area (TPSA) is 26.3 Å². The quantitative estimate of drug-likeness (QED) is 0.521. The van der Waals surface area contributed by atoms with Gasteiger partial charge < -0.3 is 4.74 Å². The molecule has 72 valence electrons. The van der Waals surface area contributed by atoms with Crippen LogP contribution in [0, 0.1) is 5.92 Å². The van der Waals surface area contributed by atoms with E-state index in [0.717, 1.165) is 5.56 Å². The van der Waals surface area contributed by atoms with Gasteiger partial charge in [0.15, 0.2) is 4.87 Å². The van der Waals surface area contributed by atoms with E-state index in [2.05, 4.69) is 0 Å². The fourth-order valence-electron chi connectivity index (χ4n) is 2.33. The van der Waals surface area contributed by atoms with E-state index < -0.39 is 4.87 Å². The van der Waals surface area contributed by atoms with Crippen LogP contribution in [0.5, 0.6) is 0 Å². The van der Waals surface area contributed by atoms with Gasteiger partial charge in [0.05, 0.1) is 6.61 Å². The number of halogens is 1. The van der Waals surface area contributed by atoms with E-state index in [0.29, 0.717) is 6.61 Å². The third-order valence-electron chi connectivity index (χ3n) is 3.15. The lowest BCUT2D eigenvalue weighted by molar-refractivity contribution is -0.140. The fraction of sp³-hybridized carbons (Fsp3) is 0.364. The van der Waals surface area contributed by atoms with Crippen LogP contribution in [0.2, 0.25) is 0 Å². The average Bonchev–Trinajstić information content (AvgIpc) is 2.72. The van der Waals surface area contributed by atoms with Gasteiger partial charge in [-0.2, -0.15) is 0 Å². The van der Waals surface area contributed by atoms with Crippen molar-refractivity contribution in [3.8, 4) is 0 Å². The highest BCUT2D eigenvalue weighted by Crippen LogP contribution is 2.65. The molecule has 14 heavy (non-hydrogen) atoms. The van der Waals surface area contributed by atoms with Gasteiger partial charge in [-0.3, -0.25) is 4.79 Å². The standard InChI is InChI=1S/C11H9ClO2/c12-11-8(6-14-10(11)13)9(11)7-4-2-1-3-5-7/h1-5,8-9H,6H2. The Balaban J connectivity index is 1.96. The predicted molar refractivity (Wildman–Crippen MR) is 52.2 cm³/mol. The number of ether oxygens (including phenoxy) is 1. The first-order valence-electron chi connectivity index (χ1n) is 4.65. The van der Waals surface area contributed by atoms with Crippen LogP contribution >= 0.6 is 11.6 Å². The van der Waals surface area contributed by atoms with Crippen molar-refractivity contribution < 1.29 is 9.53 Å². The second kappa shape index (κ2) is 2.51. The number of alkyl halides is 1. The maximum atomic E-state index is 11.4. The highest BCUT2D eigenvalue weighted by Gasteiger charge is 2.74. The lowest BCUT2D eigenvalue weighted by atomic mass is 10.1. The maximum Gasteiger partial charge on any atom is 0.328 e. The molecular formula is C11H9ClO2. The summed E-state index contributed by atoms with van der Waals surface area (Å²) in [6, 6.07) is 9.92.